The molecule has 0 aliphatic rings. The molecular formula is C11H12Cl2O4. The number of alkyl halides is 2. The molecule has 0 bridgehead atoms. The van der Waals surface area contributed by atoms with Crippen molar-refractivity contribution in [1.29, 1.82) is 0 Å². The van der Waals surface area contributed by atoms with Crippen LogP contribution in [0, 0.1) is 0 Å². The van der Waals surface area contributed by atoms with E-state index in [9.17, 15) is 9.90 Å². The van der Waals surface area contributed by atoms with Crippen LogP contribution in [0.2, 0.25) is 0 Å². The normalized spacial score (nSPS) is 13.0. The molecule has 0 aliphatic carbocycles. The van der Waals surface area contributed by atoms with Crippen molar-refractivity contribution in [2.45, 2.75) is 10.4 Å². The second-order valence-electron chi connectivity index (χ2n) is 3.29. The molecule has 94 valence electrons. The Morgan fingerprint density at radius 3 is 2.24 bits per heavy atom. The number of hydrogen-bond donors (Lipinski definition) is 1. The molecule has 0 heterocycles. The maximum Gasteiger partial charge on any atom is 0.345 e. The van der Waals surface area contributed by atoms with Crippen LogP contribution in [0.3, 0.4) is 0 Å². The van der Waals surface area contributed by atoms with Crippen LogP contribution in [0.1, 0.15) is 11.7 Å². The molecule has 1 N–H and O–H groups in total. The van der Waals surface area contributed by atoms with E-state index in [0.717, 1.165) is 7.11 Å². The van der Waals surface area contributed by atoms with E-state index in [1.54, 1.807) is 24.3 Å². The van der Waals surface area contributed by atoms with Gasteiger partial charge in [0.25, 0.3) is 0 Å². The summed E-state index contributed by atoms with van der Waals surface area (Å²) in [6.45, 7) is 0. The highest BCUT2D eigenvalue weighted by atomic mass is 35.5. The number of ether oxygens (including phenoxy) is 2. The van der Waals surface area contributed by atoms with E-state index >= 15 is 0 Å². The lowest BCUT2D eigenvalue weighted by atomic mass is 10.1. The Morgan fingerprint density at radius 2 is 1.82 bits per heavy atom. The van der Waals surface area contributed by atoms with Crippen molar-refractivity contribution in [3.05, 3.63) is 29.8 Å². The first kappa shape index (κ1) is 14.1. The SMILES string of the molecule is COC(=O)C(Cl)(Cl)[C@H](O)c1ccc(OC)cc1. The summed E-state index contributed by atoms with van der Waals surface area (Å²) in [6.07, 6.45) is -1.39. The number of aliphatic hydroxyl groups is 1. The van der Waals surface area contributed by atoms with Crippen LogP contribution in [0.5, 0.6) is 5.75 Å². The molecule has 1 aromatic rings. The van der Waals surface area contributed by atoms with Crippen molar-refractivity contribution in [1.82, 2.24) is 0 Å². The van der Waals surface area contributed by atoms with Gasteiger partial charge in [-0.3, -0.25) is 0 Å². The monoisotopic (exact) mass is 278 g/mol. The molecule has 0 aromatic heterocycles. The third-order valence-electron chi connectivity index (χ3n) is 2.23. The topological polar surface area (TPSA) is 55.8 Å². The number of carbonyl (C=O) groups is 1. The predicted molar refractivity (Wildman–Crippen MR) is 64.4 cm³/mol. The molecule has 0 fully saturated rings. The van der Waals surface area contributed by atoms with Gasteiger partial charge in [-0.1, -0.05) is 35.3 Å². The lowest BCUT2D eigenvalue weighted by Crippen LogP contribution is -2.34. The minimum Gasteiger partial charge on any atom is -0.497 e. The average molecular weight is 279 g/mol. The lowest BCUT2D eigenvalue weighted by molar-refractivity contribution is -0.144. The van der Waals surface area contributed by atoms with Crippen LogP contribution < -0.4 is 4.74 Å². The van der Waals surface area contributed by atoms with Crippen LogP contribution in [0.4, 0.5) is 0 Å². The number of esters is 1. The molecule has 0 aliphatic heterocycles. The first-order chi connectivity index (χ1) is 7.93. The third kappa shape index (κ3) is 3.03. The molecule has 0 spiro atoms. The zero-order valence-electron chi connectivity index (χ0n) is 9.31. The fourth-order valence-electron chi connectivity index (χ4n) is 1.24. The van der Waals surface area contributed by atoms with Gasteiger partial charge < -0.3 is 14.6 Å². The van der Waals surface area contributed by atoms with Crippen molar-refractivity contribution < 1.29 is 19.4 Å². The summed E-state index contributed by atoms with van der Waals surface area (Å²) in [5.41, 5.74) is 0.390. The highest BCUT2D eigenvalue weighted by molar-refractivity contribution is 6.58. The van der Waals surface area contributed by atoms with Gasteiger partial charge in [-0.2, -0.15) is 0 Å². The number of halogens is 2. The van der Waals surface area contributed by atoms with Crippen molar-refractivity contribution in [2.24, 2.45) is 0 Å². The zero-order valence-corrected chi connectivity index (χ0v) is 10.8. The van der Waals surface area contributed by atoms with E-state index in [-0.39, 0.29) is 0 Å². The smallest absolute Gasteiger partial charge is 0.345 e. The summed E-state index contributed by atoms with van der Waals surface area (Å²) in [7, 11) is 2.66. The van der Waals surface area contributed by atoms with Crippen LogP contribution >= 0.6 is 23.2 Å². The van der Waals surface area contributed by atoms with E-state index in [0.29, 0.717) is 11.3 Å². The average Bonchev–Trinajstić information content (AvgIpc) is 2.36. The van der Waals surface area contributed by atoms with E-state index < -0.39 is 16.4 Å². The van der Waals surface area contributed by atoms with E-state index in [2.05, 4.69) is 4.74 Å². The first-order valence-corrected chi connectivity index (χ1v) is 5.47. The number of methoxy groups -OCH3 is 2. The molecule has 0 saturated carbocycles. The Hall–Kier alpha value is -0.970. The fraction of sp³-hybridized carbons (Fsp3) is 0.364. The summed E-state index contributed by atoms with van der Waals surface area (Å²) in [5, 5.41) is 9.91. The molecular weight excluding hydrogens is 267 g/mol. The largest absolute Gasteiger partial charge is 0.497 e. The molecule has 4 nitrogen and oxygen atoms in total. The Balaban J connectivity index is 2.95. The van der Waals surface area contributed by atoms with Gasteiger partial charge in [-0.05, 0) is 17.7 Å². The van der Waals surface area contributed by atoms with Crippen molar-refractivity contribution in [3.63, 3.8) is 0 Å². The highest BCUT2D eigenvalue weighted by Crippen LogP contribution is 2.37. The van der Waals surface area contributed by atoms with Gasteiger partial charge in [0.1, 0.15) is 11.9 Å². The number of aliphatic hydroxyl groups excluding tert-OH is 1. The van der Waals surface area contributed by atoms with E-state index in [1.807, 2.05) is 0 Å². The second-order valence-corrected chi connectivity index (χ2v) is 4.68. The Bertz CT molecular complexity index is 389. The lowest BCUT2D eigenvalue weighted by Gasteiger charge is -2.23. The molecule has 0 unspecified atom stereocenters. The van der Waals surface area contributed by atoms with Crippen LogP contribution in [-0.2, 0) is 9.53 Å². The zero-order chi connectivity index (χ0) is 13.1. The summed E-state index contributed by atoms with van der Waals surface area (Å²) < 4.78 is 7.34. The molecule has 6 heteroatoms. The maximum atomic E-state index is 11.3. The Morgan fingerprint density at radius 1 is 1.29 bits per heavy atom. The van der Waals surface area contributed by atoms with Gasteiger partial charge in [0, 0.05) is 0 Å². The van der Waals surface area contributed by atoms with Crippen LogP contribution in [0.15, 0.2) is 24.3 Å². The molecule has 0 amide bonds. The summed E-state index contributed by atoms with van der Waals surface area (Å²) in [5.74, 6) is -0.294. The summed E-state index contributed by atoms with van der Waals surface area (Å²) in [6, 6.07) is 6.37. The van der Waals surface area contributed by atoms with E-state index in [4.69, 9.17) is 27.9 Å². The van der Waals surface area contributed by atoms with Gasteiger partial charge in [0.05, 0.1) is 14.2 Å². The number of carbonyl (C=O) groups excluding carboxylic acids is 1. The van der Waals surface area contributed by atoms with Crippen molar-refractivity contribution >= 4 is 29.2 Å². The Kier molecular flexibility index (Phi) is 4.62. The van der Waals surface area contributed by atoms with Crippen LogP contribution in [0.25, 0.3) is 0 Å². The Labute approximate surface area is 109 Å². The maximum absolute atomic E-state index is 11.3. The molecule has 0 saturated heterocycles. The number of benzene rings is 1. The molecule has 0 radical (unpaired) electrons. The fourth-order valence-corrected chi connectivity index (χ4v) is 1.65. The molecule has 1 atom stereocenters. The van der Waals surface area contributed by atoms with Crippen molar-refractivity contribution in [3.8, 4) is 5.75 Å². The second kappa shape index (κ2) is 5.58. The van der Waals surface area contributed by atoms with Crippen LogP contribution in [-0.4, -0.2) is 29.6 Å². The van der Waals surface area contributed by atoms with Gasteiger partial charge in [-0.25, -0.2) is 4.79 Å². The standard InChI is InChI=1S/C11H12Cl2O4/c1-16-8-5-3-7(4-6-8)9(14)11(12,13)10(15)17-2/h3-6,9,14H,1-2H3/t9-/m1/s1. The first-order valence-electron chi connectivity index (χ1n) is 4.71. The van der Waals surface area contributed by atoms with Crippen molar-refractivity contribution in [2.75, 3.05) is 14.2 Å². The van der Waals surface area contributed by atoms with Gasteiger partial charge >= 0.3 is 5.97 Å². The van der Waals surface area contributed by atoms with E-state index in [1.165, 1.54) is 7.11 Å². The summed E-state index contributed by atoms with van der Waals surface area (Å²) >= 11 is 11.5. The predicted octanol–water partition coefficient (Wildman–Crippen LogP) is 2.08. The minimum atomic E-state index is -2.04. The molecule has 1 rings (SSSR count). The highest BCUT2D eigenvalue weighted by Gasteiger charge is 2.43. The number of hydrogen-bond acceptors (Lipinski definition) is 4. The van der Waals surface area contributed by atoms with Gasteiger partial charge in [0.2, 0.25) is 4.33 Å². The minimum absolute atomic E-state index is 0.390. The number of rotatable bonds is 4. The molecule has 17 heavy (non-hydrogen) atoms. The summed E-state index contributed by atoms with van der Waals surface area (Å²) in [4.78, 5) is 11.3. The third-order valence-corrected chi connectivity index (χ3v) is 2.95. The van der Waals surface area contributed by atoms with Gasteiger partial charge in [0.15, 0.2) is 0 Å². The molecule has 1 aromatic carbocycles. The quantitative estimate of drug-likeness (QED) is 0.677. The van der Waals surface area contributed by atoms with Gasteiger partial charge in [-0.15, -0.1) is 0 Å².